The van der Waals surface area contributed by atoms with E-state index in [1.54, 1.807) is 0 Å². The summed E-state index contributed by atoms with van der Waals surface area (Å²) in [5.74, 6) is 0.994. The fourth-order valence-electron chi connectivity index (χ4n) is 4.03. The predicted octanol–water partition coefficient (Wildman–Crippen LogP) is 2.89. The summed E-state index contributed by atoms with van der Waals surface area (Å²) in [4.78, 5) is 2.77. The molecular formula is C15H30N2. The normalized spacial score (nSPS) is 35.3. The molecule has 2 aliphatic rings. The van der Waals surface area contributed by atoms with Crippen molar-refractivity contribution in [1.82, 2.24) is 10.2 Å². The molecule has 2 fully saturated rings. The van der Waals surface area contributed by atoms with E-state index < -0.39 is 0 Å². The molecule has 1 aliphatic carbocycles. The average Bonchev–Trinajstić information content (AvgIpc) is 2.64. The molecule has 17 heavy (non-hydrogen) atoms. The van der Waals surface area contributed by atoms with Gasteiger partial charge in [-0.1, -0.05) is 27.2 Å². The van der Waals surface area contributed by atoms with Gasteiger partial charge in [-0.25, -0.2) is 0 Å². The molecule has 0 aromatic carbocycles. The van der Waals surface area contributed by atoms with Gasteiger partial charge in [0.25, 0.3) is 0 Å². The molecule has 2 rings (SSSR count). The van der Waals surface area contributed by atoms with Crippen molar-refractivity contribution in [2.24, 2.45) is 11.3 Å². The summed E-state index contributed by atoms with van der Waals surface area (Å²) in [6, 6.07) is 1.47. The van der Waals surface area contributed by atoms with Crippen LogP contribution in [0.25, 0.3) is 0 Å². The molecule has 1 saturated carbocycles. The van der Waals surface area contributed by atoms with Crippen LogP contribution >= 0.6 is 0 Å². The Kier molecular flexibility index (Phi) is 4.14. The van der Waals surface area contributed by atoms with Gasteiger partial charge in [0, 0.05) is 12.1 Å². The molecule has 0 radical (unpaired) electrons. The molecule has 0 aromatic rings. The SMILES string of the molecule is CCC1CCN(C2CCC(C)(C)C2NC)CC1. The van der Waals surface area contributed by atoms with Gasteiger partial charge in [-0.3, -0.25) is 4.90 Å². The molecule has 2 nitrogen and oxygen atoms in total. The molecule has 1 N–H and O–H groups in total. The molecule has 0 bridgehead atoms. The first-order valence-electron chi connectivity index (χ1n) is 7.49. The maximum absolute atomic E-state index is 3.59. The van der Waals surface area contributed by atoms with E-state index in [1.165, 1.54) is 45.2 Å². The number of nitrogens with one attached hydrogen (secondary N) is 1. The maximum atomic E-state index is 3.59. The van der Waals surface area contributed by atoms with E-state index in [2.05, 4.69) is 38.0 Å². The third kappa shape index (κ3) is 2.68. The molecule has 1 heterocycles. The van der Waals surface area contributed by atoms with E-state index in [0.717, 1.165) is 12.0 Å². The summed E-state index contributed by atoms with van der Waals surface area (Å²) in [6.45, 7) is 9.85. The lowest BCUT2D eigenvalue weighted by molar-refractivity contribution is 0.103. The van der Waals surface area contributed by atoms with Crippen LogP contribution in [0.3, 0.4) is 0 Å². The van der Waals surface area contributed by atoms with Gasteiger partial charge in [0.05, 0.1) is 0 Å². The van der Waals surface area contributed by atoms with Crippen LogP contribution in [-0.2, 0) is 0 Å². The van der Waals surface area contributed by atoms with Gasteiger partial charge in [-0.15, -0.1) is 0 Å². The van der Waals surface area contributed by atoms with E-state index in [-0.39, 0.29) is 0 Å². The molecule has 0 aromatic heterocycles. The van der Waals surface area contributed by atoms with Gasteiger partial charge in [0.2, 0.25) is 0 Å². The van der Waals surface area contributed by atoms with Crippen molar-refractivity contribution in [2.45, 2.75) is 65.0 Å². The number of likely N-dealkylation sites (tertiary alicyclic amines) is 1. The second-order valence-corrected chi connectivity index (χ2v) is 6.75. The zero-order chi connectivity index (χ0) is 12.5. The molecule has 2 heteroatoms. The fraction of sp³-hybridized carbons (Fsp3) is 1.00. The van der Waals surface area contributed by atoms with Gasteiger partial charge in [-0.05, 0) is 57.2 Å². The first-order chi connectivity index (χ1) is 8.08. The predicted molar refractivity (Wildman–Crippen MR) is 74.2 cm³/mol. The van der Waals surface area contributed by atoms with E-state index in [4.69, 9.17) is 0 Å². The first-order valence-corrected chi connectivity index (χ1v) is 7.49. The van der Waals surface area contributed by atoms with Crippen molar-refractivity contribution in [2.75, 3.05) is 20.1 Å². The quantitative estimate of drug-likeness (QED) is 0.813. The van der Waals surface area contributed by atoms with E-state index in [9.17, 15) is 0 Å². The van der Waals surface area contributed by atoms with Crippen LogP contribution in [0.2, 0.25) is 0 Å². The lowest BCUT2D eigenvalue weighted by Gasteiger charge is -2.40. The monoisotopic (exact) mass is 238 g/mol. The summed E-state index contributed by atoms with van der Waals surface area (Å²) in [7, 11) is 2.14. The van der Waals surface area contributed by atoms with E-state index in [1.807, 2.05) is 0 Å². The number of likely N-dealkylation sites (N-methyl/N-ethyl adjacent to an activating group) is 1. The Bertz CT molecular complexity index is 241. The van der Waals surface area contributed by atoms with Gasteiger partial charge < -0.3 is 5.32 Å². The third-order valence-corrected chi connectivity index (χ3v) is 5.32. The van der Waals surface area contributed by atoms with Crippen molar-refractivity contribution in [3.8, 4) is 0 Å². The molecule has 100 valence electrons. The van der Waals surface area contributed by atoms with Gasteiger partial charge >= 0.3 is 0 Å². The summed E-state index contributed by atoms with van der Waals surface area (Å²) in [6.07, 6.45) is 6.97. The lowest BCUT2D eigenvalue weighted by atomic mass is 9.85. The molecular weight excluding hydrogens is 208 g/mol. The standard InChI is InChI=1S/C15H30N2/c1-5-12-7-10-17(11-8-12)13-6-9-15(2,3)14(13)16-4/h12-14,16H,5-11H2,1-4H3. The number of hydrogen-bond donors (Lipinski definition) is 1. The highest BCUT2D eigenvalue weighted by Crippen LogP contribution is 2.40. The average molecular weight is 238 g/mol. The van der Waals surface area contributed by atoms with E-state index in [0.29, 0.717) is 11.5 Å². The summed E-state index contributed by atoms with van der Waals surface area (Å²) in [5, 5.41) is 3.59. The van der Waals surface area contributed by atoms with Gasteiger partial charge in [0.1, 0.15) is 0 Å². The summed E-state index contributed by atoms with van der Waals surface area (Å²) in [5.41, 5.74) is 0.473. The van der Waals surface area contributed by atoms with Crippen LogP contribution in [0.4, 0.5) is 0 Å². The van der Waals surface area contributed by atoms with Crippen LogP contribution < -0.4 is 5.32 Å². The molecule has 2 atom stereocenters. The molecule has 0 spiro atoms. The topological polar surface area (TPSA) is 15.3 Å². The molecule has 1 saturated heterocycles. The van der Waals surface area contributed by atoms with Crippen LogP contribution in [0.1, 0.15) is 52.9 Å². The Morgan fingerprint density at radius 2 is 1.82 bits per heavy atom. The minimum absolute atomic E-state index is 0.473. The first kappa shape index (κ1) is 13.4. The smallest absolute Gasteiger partial charge is 0.0271 e. The molecule has 1 aliphatic heterocycles. The maximum Gasteiger partial charge on any atom is 0.0271 e. The highest BCUT2D eigenvalue weighted by Gasteiger charge is 2.43. The highest BCUT2D eigenvalue weighted by molar-refractivity contribution is 5.01. The minimum Gasteiger partial charge on any atom is -0.315 e. The zero-order valence-electron chi connectivity index (χ0n) is 12.1. The van der Waals surface area contributed by atoms with Crippen LogP contribution in [0.15, 0.2) is 0 Å². The van der Waals surface area contributed by atoms with Crippen molar-refractivity contribution < 1.29 is 0 Å². The third-order valence-electron chi connectivity index (χ3n) is 5.32. The van der Waals surface area contributed by atoms with E-state index >= 15 is 0 Å². The van der Waals surface area contributed by atoms with Crippen molar-refractivity contribution in [3.63, 3.8) is 0 Å². The van der Waals surface area contributed by atoms with Crippen LogP contribution in [-0.4, -0.2) is 37.1 Å². The summed E-state index contributed by atoms with van der Waals surface area (Å²) >= 11 is 0. The summed E-state index contributed by atoms with van der Waals surface area (Å²) < 4.78 is 0. The molecule has 0 amide bonds. The Morgan fingerprint density at radius 1 is 1.18 bits per heavy atom. The fourth-order valence-corrected chi connectivity index (χ4v) is 4.03. The lowest BCUT2D eigenvalue weighted by Crippen LogP contribution is -2.52. The zero-order valence-corrected chi connectivity index (χ0v) is 12.1. The van der Waals surface area contributed by atoms with Gasteiger partial charge in [-0.2, -0.15) is 0 Å². The minimum atomic E-state index is 0.473. The number of hydrogen-bond acceptors (Lipinski definition) is 2. The van der Waals surface area contributed by atoms with Crippen LogP contribution in [0, 0.1) is 11.3 Å². The number of piperidine rings is 1. The highest BCUT2D eigenvalue weighted by atomic mass is 15.2. The van der Waals surface area contributed by atoms with Crippen LogP contribution in [0.5, 0.6) is 0 Å². The Hall–Kier alpha value is -0.0800. The van der Waals surface area contributed by atoms with Crippen molar-refractivity contribution in [1.29, 1.82) is 0 Å². The van der Waals surface area contributed by atoms with Crippen molar-refractivity contribution >= 4 is 0 Å². The second kappa shape index (κ2) is 5.27. The van der Waals surface area contributed by atoms with Crippen molar-refractivity contribution in [3.05, 3.63) is 0 Å². The largest absolute Gasteiger partial charge is 0.315 e. The number of rotatable bonds is 3. The Balaban J connectivity index is 1.95. The Morgan fingerprint density at radius 3 is 2.35 bits per heavy atom. The molecule has 2 unspecified atom stereocenters. The Labute approximate surface area is 107 Å². The number of nitrogens with zero attached hydrogens (tertiary/aromatic N) is 1. The van der Waals surface area contributed by atoms with Gasteiger partial charge in [0.15, 0.2) is 0 Å². The second-order valence-electron chi connectivity index (χ2n) is 6.75.